The molecule has 0 fully saturated rings. The van der Waals surface area contributed by atoms with E-state index < -0.39 is 11.2 Å². The van der Waals surface area contributed by atoms with E-state index in [2.05, 4.69) is 0 Å². The fourth-order valence-corrected chi connectivity index (χ4v) is 3.58. The van der Waals surface area contributed by atoms with Crippen LogP contribution in [0.1, 0.15) is 25.0 Å². The summed E-state index contributed by atoms with van der Waals surface area (Å²) in [6.07, 6.45) is 0. The minimum Gasteiger partial charge on any atom is -0.342 e. The molecular weight excluding hydrogens is 390 g/mol. The minimum absolute atomic E-state index is 0.139. The number of amides is 1. The van der Waals surface area contributed by atoms with Crippen LogP contribution in [0.3, 0.4) is 0 Å². The SMILES string of the molecule is CCN(CC)C(=O)Cn1c(=O)n(-c2ccc(C)c(Cl)c2)c(=O)c2cc(C)ccc21. The number of nitrogens with zero attached hydrogens (tertiary/aromatic N) is 3. The molecule has 3 aromatic rings. The van der Waals surface area contributed by atoms with Gasteiger partial charge in [-0.2, -0.15) is 0 Å². The molecule has 0 spiro atoms. The fraction of sp³-hybridized carbons (Fsp3) is 0.318. The van der Waals surface area contributed by atoms with E-state index >= 15 is 0 Å². The second kappa shape index (κ2) is 8.25. The summed E-state index contributed by atoms with van der Waals surface area (Å²) in [5, 5.41) is 0.845. The highest BCUT2D eigenvalue weighted by atomic mass is 35.5. The molecule has 0 aliphatic carbocycles. The number of aromatic nitrogens is 2. The third-order valence-electron chi connectivity index (χ3n) is 5.12. The predicted molar refractivity (Wildman–Crippen MR) is 116 cm³/mol. The molecule has 1 amide bonds. The summed E-state index contributed by atoms with van der Waals surface area (Å²) in [5.41, 5.74) is 1.57. The van der Waals surface area contributed by atoms with E-state index in [9.17, 15) is 14.4 Å². The Kier molecular flexibility index (Phi) is 5.94. The van der Waals surface area contributed by atoms with Crippen molar-refractivity contribution in [3.8, 4) is 5.69 Å². The van der Waals surface area contributed by atoms with Gasteiger partial charge in [0.2, 0.25) is 5.91 Å². The molecule has 0 radical (unpaired) electrons. The average Bonchev–Trinajstić information content (AvgIpc) is 2.69. The summed E-state index contributed by atoms with van der Waals surface area (Å²) < 4.78 is 2.45. The van der Waals surface area contributed by atoms with E-state index in [4.69, 9.17) is 11.6 Å². The van der Waals surface area contributed by atoms with Crippen LogP contribution in [-0.4, -0.2) is 33.0 Å². The molecule has 29 heavy (non-hydrogen) atoms. The number of aryl methyl sites for hydroxylation is 2. The highest BCUT2D eigenvalue weighted by Crippen LogP contribution is 2.19. The van der Waals surface area contributed by atoms with E-state index in [1.165, 1.54) is 4.57 Å². The smallest absolute Gasteiger partial charge is 0.336 e. The molecule has 0 aliphatic heterocycles. The Morgan fingerprint density at radius 3 is 2.34 bits per heavy atom. The van der Waals surface area contributed by atoms with Crippen LogP contribution < -0.4 is 11.2 Å². The lowest BCUT2D eigenvalue weighted by atomic mass is 10.1. The van der Waals surface area contributed by atoms with E-state index in [-0.39, 0.29) is 12.5 Å². The van der Waals surface area contributed by atoms with Crippen molar-refractivity contribution in [2.45, 2.75) is 34.2 Å². The lowest BCUT2D eigenvalue weighted by Crippen LogP contribution is -2.42. The lowest BCUT2D eigenvalue weighted by Gasteiger charge is -2.20. The van der Waals surface area contributed by atoms with Crippen LogP contribution in [0.15, 0.2) is 46.0 Å². The lowest BCUT2D eigenvalue weighted by molar-refractivity contribution is -0.131. The van der Waals surface area contributed by atoms with Crippen LogP contribution in [-0.2, 0) is 11.3 Å². The summed E-state index contributed by atoms with van der Waals surface area (Å²) in [4.78, 5) is 40.9. The number of halogens is 1. The third-order valence-corrected chi connectivity index (χ3v) is 5.53. The standard InChI is InChI=1S/C22H24ClN3O3/c1-5-24(6-2)20(27)13-25-19-10-7-14(3)11-17(19)21(28)26(22(25)29)16-9-8-15(4)18(23)12-16/h7-12H,5-6,13H2,1-4H3. The van der Waals surface area contributed by atoms with Gasteiger partial charge in [-0.05, 0) is 57.5 Å². The molecule has 0 unspecified atom stereocenters. The zero-order valence-electron chi connectivity index (χ0n) is 17.0. The third kappa shape index (κ3) is 3.85. The first kappa shape index (κ1) is 20.9. The van der Waals surface area contributed by atoms with E-state index in [1.54, 1.807) is 35.2 Å². The Morgan fingerprint density at radius 2 is 1.72 bits per heavy atom. The summed E-state index contributed by atoms with van der Waals surface area (Å²) in [6.45, 7) is 8.46. The van der Waals surface area contributed by atoms with Crippen molar-refractivity contribution < 1.29 is 4.79 Å². The fourth-order valence-electron chi connectivity index (χ4n) is 3.40. The maximum absolute atomic E-state index is 13.3. The number of carbonyl (C=O) groups excluding carboxylic acids is 1. The maximum Gasteiger partial charge on any atom is 0.336 e. The summed E-state index contributed by atoms with van der Waals surface area (Å²) in [7, 11) is 0. The molecule has 3 rings (SSSR count). The van der Waals surface area contributed by atoms with Gasteiger partial charge in [0, 0.05) is 18.1 Å². The predicted octanol–water partition coefficient (Wildman–Crippen LogP) is 3.29. The van der Waals surface area contributed by atoms with Crippen molar-refractivity contribution in [3.63, 3.8) is 0 Å². The van der Waals surface area contributed by atoms with Crippen molar-refractivity contribution in [1.29, 1.82) is 0 Å². The molecule has 7 heteroatoms. The zero-order valence-corrected chi connectivity index (χ0v) is 17.8. The first-order valence-corrected chi connectivity index (χ1v) is 9.96. The number of fused-ring (bicyclic) bond motifs is 1. The Hall–Kier alpha value is -2.86. The Balaban J connectivity index is 2.33. The molecule has 0 N–H and O–H groups in total. The largest absolute Gasteiger partial charge is 0.342 e. The highest BCUT2D eigenvalue weighted by Gasteiger charge is 2.19. The van der Waals surface area contributed by atoms with Gasteiger partial charge in [-0.3, -0.25) is 14.2 Å². The van der Waals surface area contributed by atoms with Crippen LogP contribution in [0.2, 0.25) is 5.02 Å². The van der Waals surface area contributed by atoms with E-state index in [0.717, 1.165) is 15.7 Å². The van der Waals surface area contributed by atoms with Crippen molar-refractivity contribution in [2.24, 2.45) is 0 Å². The van der Waals surface area contributed by atoms with Crippen LogP contribution in [0.25, 0.3) is 16.6 Å². The van der Waals surface area contributed by atoms with Gasteiger partial charge in [-0.15, -0.1) is 0 Å². The van der Waals surface area contributed by atoms with Crippen LogP contribution in [0, 0.1) is 13.8 Å². The average molecular weight is 414 g/mol. The van der Waals surface area contributed by atoms with Gasteiger partial charge >= 0.3 is 5.69 Å². The molecule has 0 atom stereocenters. The first-order chi connectivity index (χ1) is 13.8. The molecule has 0 aliphatic rings. The van der Waals surface area contributed by atoms with Crippen LogP contribution >= 0.6 is 11.6 Å². The number of benzene rings is 2. The molecular formula is C22H24ClN3O3. The Labute approximate surface area is 173 Å². The number of hydrogen-bond donors (Lipinski definition) is 0. The molecule has 6 nitrogen and oxygen atoms in total. The minimum atomic E-state index is -0.563. The van der Waals surface area contributed by atoms with Crippen molar-refractivity contribution in [3.05, 3.63) is 73.4 Å². The number of hydrogen-bond acceptors (Lipinski definition) is 3. The maximum atomic E-state index is 13.3. The second-order valence-electron chi connectivity index (χ2n) is 7.03. The normalized spacial score (nSPS) is 11.1. The molecule has 0 saturated carbocycles. The molecule has 1 heterocycles. The topological polar surface area (TPSA) is 64.3 Å². The van der Waals surface area contributed by atoms with E-state index in [1.807, 2.05) is 33.8 Å². The van der Waals surface area contributed by atoms with Gasteiger partial charge in [0.05, 0.1) is 16.6 Å². The summed E-state index contributed by atoms with van der Waals surface area (Å²) >= 11 is 6.23. The monoisotopic (exact) mass is 413 g/mol. The Morgan fingerprint density at radius 1 is 1.03 bits per heavy atom. The van der Waals surface area contributed by atoms with Gasteiger partial charge in [0.25, 0.3) is 5.56 Å². The number of rotatable bonds is 5. The van der Waals surface area contributed by atoms with Gasteiger partial charge < -0.3 is 4.90 Å². The van der Waals surface area contributed by atoms with Crippen molar-refractivity contribution in [2.75, 3.05) is 13.1 Å². The summed E-state index contributed by atoms with van der Waals surface area (Å²) in [5.74, 6) is -0.175. The van der Waals surface area contributed by atoms with Gasteiger partial charge in [-0.25, -0.2) is 9.36 Å². The molecule has 0 saturated heterocycles. The van der Waals surface area contributed by atoms with Crippen LogP contribution in [0.4, 0.5) is 0 Å². The molecule has 1 aromatic heterocycles. The van der Waals surface area contributed by atoms with Gasteiger partial charge in [0.15, 0.2) is 0 Å². The molecule has 2 aromatic carbocycles. The first-order valence-electron chi connectivity index (χ1n) is 9.59. The second-order valence-corrected chi connectivity index (χ2v) is 7.44. The van der Waals surface area contributed by atoms with Gasteiger partial charge in [0.1, 0.15) is 6.54 Å². The van der Waals surface area contributed by atoms with E-state index in [0.29, 0.717) is 34.7 Å². The molecule has 152 valence electrons. The highest BCUT2D eigenvalue weighted by molar-refractivity contribution is 6.31. The van der Waals surface area contributed by atoms with Gasteiger partial charge in [-0.1, -0.05) is 29.3 Å². The number of likely N-dealkylation sites (N-methyl/N-ethyl adjacent to an activating group) is 1. The summed E-state index contributed by atoms with van der Waals surface area (Å²) in [6, 6.07) is 10.3. The quantitative estimate of drug-likeness (QED) is 0.644. The molecule has 0 bridgehead atoms. The van der Waals surface area contributed by atoms with Crippen molar-refractivity contribution >= 4 is 28.4 Å². The Bertz CT molecular complexity index is 1210. The number of carbonyl (C=O) groups is 1. The van der Waals surface area contributed by atoms with Crippen molar-refractivity contribution in [1.82, 2.24) is 14.0 Å². The zero-order chi connectivity index (χ0) is 21.3. The van der Waals surface area contributed by atoms with Crippen LogP contribution in [0.5, 0.6) is 0 Å².